The zero-order valence-electron chi connectivity index (χ0n) is 12.6. The number of pyridine rings is 1. The second-order valence-electron chi connectivity index (χ2n) is 4.97. The summed E-state index contributed by atoms with van der Waals surface area (Å²) in [5.74, 6) is 2.06. The van der Waals surface area contributed by atoms with E-state index in [-0.39, 0.29) is 6.17 Å². The molecule has 108 valence electrons. The second-order valence-corrected chi connectivity index (χ2v) is 4.97. The van der Waals surface area contributed by atoms with Gasteiger partial charge in [-0.1, -0.05) is 18.2 Å². The average molecular weight is 280 g/mol. The Kier molecular flexibility index (Phi) is 3.52. The van der Waals surface area contributed by atoms with Gasteiger partial charge in [0.05, 0.1) is 11.4 Å². The highest BCUT2D eigenvalue weighted by atomic mass is 15.5. The molecule has 0 fully saturated rings. The van der Waals surface area contributed by atoms with Crippen molar-refractivity contribution in [1.82, 2.24) is 10.3 Å². The van der Waals surface area contributed by atoms with Gasteiger partial charge < -0.3 is 15.1 Å². The van der Waals surface area contributed by atoms with Crippen LogP contribution in [0.2, 0.25) is 0 Å². The summed E-state index contributed by atoms with van der Waals surface area (Å²) in [6.07, 6.45) is 4.09. The van der Waals surface area contributed by atoms with Crippen molar-refractivity contribution in [2.45, 2.75) is 20.0 Å². The number of nitrogens with zero attached hydrogens (tertiary/aromatic N) is 3. The summed E-state index contributed by atoms with van der Waals surface area (Å²) in [7, 11) is 1.95. The van der Waals surface area contributed by atoms with Crippen LogP contribution in [0.5, 0.6) is 0 Å². The summed E-state index contributed by atoms with van der Waals surface area (Å²) in [5.41, 5.74) is 2.37. The number of para-hydroxylation sites is 2. The number of anilines is 3. The maximum Gasteiger partial charge on any atom is 0.134 e. The highest BCUT2D eigenvalue weighted by Crippen LogP contribution is 2.44. The SMILES string of the molecule is C/C=C(\NC)N1c2ccccc2N(c2ccccn2)[C@@H]1C. The largest absolute Gasteiger partial charge is 0.375 e. The van der Waals surface area contributed by atoms with Crippen LogP contribution in [0, 0.1) is 0 Å². The predicted molar refractivity (Wildman–Crippen MR) is 87.6 cm³/mol. The molecule has 1 aromatic heterocycles. The molecular weight excluding hydrogens is 260 g/mol. The van der Waals surface area contributed by atoms with Crippen molar-refractivity contribution in [1.29, 1.82) is 0 Å². The Morgan fingerprint density at radius 3 is 2.48 bits per heavy atom. The van der Waals surface area contributed by atoms with Crippen molar-refractivity contribution >= 4 is 17.2 Å². The van der Waals surface area contributed by atoms with Crippen LogP contribution in [0.3, 0.4) is 0 Å². The quantitative estimate of drug-likeness (QED) is 0.933. The number of allylic oxidation sites excluding steroid dienone is 1. The van der Waals surface area contributed by atoms with E-state index in [1.165, 1.54) is 11.4 Å². The molecule has 0 saturated heterocycles. The van der Waals surface area contributed by atoms with E-state index < -0.39 is 0 Å². The normalized spacial score (nSPS) is 17.9. The molecular formula is C17H20N4. The minimum absolute atomic E-state index is 0.163. The third kappa shape index (κ3) is 2.13. The molecule has 1 aliphatic rings. The summed E-state index contributed by atoms with van der Waals surface area (Å²) in [5, 5.41) is 3.28. The fourth-order valence-electron chi connectivity index (χ4n) is 2.94. The van der Waals surface area contributed by atoms with E-state index in [1.807, 2.05) is 38.4 Å². The molecule has 0 saturated carbocycles. The van der Waals surface area contributed by atoms with Crippen LogP contribution < -0.4 is 15.1 Å². The Hall–Kier alpha value is -2.49. The van der Waals surface area contributed by atoms with Crippen molar-refractivity contribution in [2.75, 3.05) is 16.8 Å². The third-order valence-electron chi connectivity index (χ3n) is 3.83. The lowest BCUT2D eigenvalue weighted by molar-refractivity contribution is 0.695. The molecule has 0 amide bonds. The molecule has 2 aromatic rings. The van der Waals surface area contributed by atoms with Crippen molar-refractivity contribution in [3.05, 3.63) is 60.6 Å². The molecule has 1 atom stereocenters. The first-order valence-corrected chi connectivity index (χ1v) is 7.20. The summed E-state index contributed by atoms with van der Waals surface area (Å²) >= 11 is 0. The monoisotopic (exact) mass is 280 g/mol. The zero-order valence-corrected chi connectivity index (χ0v) is 12.6. The summed E-state index contributed by atoms with van der Waals surface area (Å²) < 4.78 is 0. The van der Waals surface area contributed by atoms with Crippen LogP contribution in [0.15, 0.2) is 60.6 Å². The highest BCUT2D eigenvalue weighted by Gasteiger charge is 2.35. The van der Waals surface area contributed by atoms with Crippen molar-refractivity contribution < 1.29 is 0 Å². The van der Waals surface area contributed by atoms with Gasteiger partial charge in [-0.2, -0.15) is 0 Å². The number of aromatic nitrogens is 1. The van der Waals surface area contributed by atoms with E-state index in [0.717, 1.165) is 11.6 Å². The Labute approximate surface area is 125 Å². The molecule has 3 rings (SSSR count). The Morgan fingerprint density at radius 1 is 1.14 bits per heavy atom. The van der Waals surface area contributed by atoms with Gasteiger partial charge in [0.15, 0.2) is 0 Å². The maximum absolute atomic E-state index is 4.51. The minimum atomic E-state index is 0.163. The molecule has 0 unspecified atom stereocenters. The van der Waals surface area contributed by atoms with Gasteiger partial charge in [0.2, 0.25) is 0 Å². The van der Waals surface area contributed by atoms with Crippen LogP contribution in [0.25, 0.3) is 0 Å². The highest BCUT2D eigenvalue weighted by molar-refractivity contribution is 5.84. The van der Waals surface area contributed by atoms with Gasteiger partial charge in [-0.05, 0) is 44.2 Å². The van der Waals surface area contributed by atoms with Crippen LogP contribution in [-0.4, -0.2) is 18.2 Å². The van der Waals surface area contributed by atoms with Crippen LogP contribution in [0.4, 0.5) is 17.2 Å². The van der Waals surface area contributed by atoms with Gasteiger partial charge in [-0.15, -0.1) is 0 Å². The van der Waals surface area contributed by atoms with Crippen LogP contribution in [0.1, 0.15) is 13.8 Å². The molecule has 0 bridgehead atoms. The third-order valence-corrected chi connectivity index (χ3v) is 3.83. The van der Waals surface area contributed by atoms with Crippen molar-refractivity contribution in [3.63, 3.8) is 0 Å². The summed E-state index contributed by atoms with van der Waals surface area (Å²) in [6, 6.07) is 14.4. The number of benzene rings is 1. The molecule has 4 nitrogen and oxygen atoms in total. The van der Waals surface area contributed by atoms with Gasteiger partial charge in [0.1, 0.15) is 17.8 Å². The zero-order chi connectivity index (χ0) is 14.8. The van der Waals surface area contributed by atoms with Crippen molar-refractivity contribution in [3.8, 4) is 0 Å². The molecule has 21 heavy (non-hydrogen) atoms. The minimum Gasteiger partial charge on any atom is -0.375 e. The van der Waals surface area contributed by atoms with E-state index in [9.17, 15) is 0 Å². The predicted octanol–water partition coefficient (Wildman–Crippen LogP) is 3.47. The molecule has 2 heterocycles. The maximum atomic E-state index is 4.51. The number of fused-ring (bicyclic) bond motifs is 1. The number of nitrogens with one attached hydrogen (secondary N) is 1. The smallest absolute Gasteiger partial charge is 0.134 e. The first-order chi connectivity index (χ1) is 10.3. The number of hydrogen-bond acceptors (Lipinski definition) is 4. The lowest BCUT2D eigenvalue weighted by atomic mass is 10.2. The first kappa shape index (κ1) is 13.5. The Morgan fingerprint density at radius 2 is 1.86 bits per heavy atom. The van der Waals surface area contributed by atoms with Crippen LogP contribution in [-0.2, 0) is 0 Å². The topological polar surface area (TPSA) is 31.4 Å². The van der Waals surface area contributed by atoms with Gasteiger partial charge in [-0.3, -0.25) is 0 Å². The lowest BCUT2D eigenvalue weighted by Crippen LogP contribution is -2.41. The fraction of sp³-hybridized carbons (Fsp3) is 0.235. The van der Waals surface area contributed by atoms with Gasteiger partial charge in [0, 0.05) is 13.2 Å². The molecule has 0 radical (unpaired) electrons. The lowest BCUT2D eigenvalue weighted by Gasteiger charge is -2.30. The molecule has 1 N–H and O–H groups in total. The molecule has 1 aromatic carbocycles. The Balaban J connectivity index is 2.13. The van der Waals surface area contributed by atoms with Gasteiger partial charge in [-0.25, -0.2) is 4.98 Å². The molecule has 0 spiro atoms. The standard InChI is InChI=1S/C17H20N4/c1-4-16(18-3)20-13(2)21(17-11-7-8-12-19-17)15-10-6-5-9-14(15)20/h4-13,18H,1-3H3/b16-4+/t13-/m1/s1. The summed E-state index contributed by atoms with van der Waals surface area (Å²) in [4.78, 5) is 9.07. The fourth-order valence-corrected chi connectivity index (χ4v) is 2.94. The second kappa shape index (κ2) is 5.48. The number of rotatable bonds is 3. The summed E-state index contributed by atoms with van der Waals surface area (Å²) in [6.45, 7) is 4.24. The van der Waals surface area contributed by atoms with E-state index in [1.54, 1.807) is 0 Å². The molecule has 4 heteroatoms. The van der Waals surface area contributed by atoms with Gasteiger partial charge in [0.25, 0.3) is 0 Å². The van der Waals surface area contributed by atoms with E-state index >= 15 is 0 Å². The first-order valence-electron chi connectivity index (χ1n) is 7.20. The van der Waals surface area contributed by atoms with E-state index in [4.69, 9.17) is 0 Å². The van der Waals surface area contributed by atoms with E-state index in [2.05, 4.69) is 57.4 Å². The van der Waals surface area contributed by atoms with Gasteiger partial charge >= 0.3 is 0 Å². The van der Waals surface area contributed by atoms with Crippen LogP contribution >= 0.6 is 0 Å². The Bertz CT molecular complexity index is 651. The molecule has 1 aliphatic heterocycles. The van der Waals surface area contributed by atoms with E-state index in [0.29, 0.717) is 0 Å². The molecule has 0 aliphatic carbocycles. The average Bonchev–Trinajstić information content (AvgIpc) is 2.82. The number of hydrogen-bond donors (Lipinski definition) is 1. The van der Waals surface area contributed by atoms with Crippen molar-refractivity contribution in [2.24, 2.45) is 0 Å².